The standard InChI is InChI=1S/C6H4F3NOS/c7-6(8,9)10-5(11)4-1-2-12-3-4/h1-3H,(H,10,11). The van der Waals surface area contributed by atoms with Crippen LogP contribution in [0.3, 0.4) is 0 Å². The van der Waals surface area contributed by atoms with E-state index in [4.69, 9.17) is 0 Å². The minimum Gasteiger partial charge on any atom is -0.269 e. The van der Waals surface area contributed by atoms with E-state index in [1.807, 2.05) is 0 Å². The third-order valence-electron chi connectivity index (χ3n) is 1.04. The maximum absolute atomic E-state index is 11.6. The predicted octanol–water partition coefficient (Wildman–Crippen LogP) is 2.00. The highest BCUT2D eigenvalue weighted by Gasteiger charge is 2.30. The summed E-state index contributed by atoms with van der Waals surface area (Å²) in [5.41, 5.74) is 0.0253. The van der Waals surface area contributed by atoms with E-state index in [-0.39, 0.29) is 5.56 Å². The van der Waals surface area contributed by atoms with E-state index in [1.165, 1.54) is 28.2 Å². The molecule has 0 aliphatic rings. The Morgan fingerprint density at radius 1 is 1.50 bits per heavy atom. The van der Waals surface area contributed by atoms with Crippen LogP contribution in [0.25, 0.3) is 0 Å². The van der Waals surface area contributed by atoms with Gasteiger partial charge in [0, 0.05) is 5.38 Å². The van der Waals surface area contributed by atoms with Gasteiger partial charge < -0.3 is 0 Å². The van der Waals surface area contributed by atoms with Crippen molar-refractivity contribution in [3.05, 3.63) is 22.4 Å². The average molecular weight is 195 g/mol. The molecule has 0 saturated heterocycles. The van der Waals surface area contributed by atoms with Crippen molar-refractivity contribution in [3.63, 3.8) is 0 Å². The summed E-state index contributed by atoms with van der Waals surface area (Å²) in [7, 11) is 0. The lowest BCUT2D eigenvalue weighted by Gasteiger charge is -2.06. The molecule has 0 aliphatic carbocycles. The molecule has 1 amide bonds. The number of amides is 1. The highest BCUT2D eigenvalue weighted by atomic mass is 32.1. The summed E-state index contributed by atoms with van der Waals surface area (Å²) in [4.78, 5) is 10.7. The number of halogens is 3. The van der Waals surface area contributed by atoms with E-state index >= 15 is 0 Å². The molecular formula is C6H4F3NOS. The Bertz CT molecular complexity index is 267. The van der Waals surface area contributed by atoms with Gasteiger partial charge >= 0.3 is 6.30 Å². The molecule has 0 spiro atoms. The monoisotopic (exact) mass is 195 g/mol. The van der Waals surface area contributed by atoms with Crippen LogP contribution in [0, 0.1) is 0 Å². The van der Waals surface area contributed by atoms with E-state index in [0.29, 0.717) is 0 Å². The molecule has 0 atom stereocenters. The molecule has 2 nitrogen and oxygen atoms in total. The summed E-state index contributed by atoms with van der Waals surface area (Å²) in [5.74, 6) is -1.12. The van der Waals surface area contributed by atoms with Gasteiger partial charge in [0.1, 0.15) is 0 Å². The van der Waals surface area contributed by atoms with E-state index in [0.717, 1.165) is 5.32 Å². The molecule has 6 heteroatoms. The molecule has 1 aromatic heterocycles. The molecule has 0 aliphatic heterocycles. The average Bonchev–Trinajstić information content (AvgIpc) is 2.32. The van der Waals surface area contributed by atoms with Crippen molar-refractivity contribution >= 4 is 17.2 Å². The maximum Gasteiger partial charge on any atom is 0.484 e. The van der Waals surface area contributed by atoms with Crippen LogP contribution in [0.5, 0.6) is 0 Å². The lowest BCUT2D eigenvalue weighted by atomic mass is 10.3. The van der Waals surface area contributed by atoms with Gasteiger partial charge in [0.15, 0.2) is 0 Å². The second kappa shape index (κ2) is 3.14. The summed E-state index contributed by atoms with van der Waals surface area (Å²) in [6.07, 6.45) is -4.65. The molecule has 0 fully saturated rings. The second-order valence-corrected chi connectivity index (χ2v) is 2.74. The summed E-state index contributed by atoms with van der Waals surface area (Å²) >= 11 is 1.17. The van der Waals surface area contributed by atoms with Gasteiger partial charge in [0.2, 0.25) is 0 Å². The van der Waals surface area contributed by atoms with Crippen LogP contribution in [-0.4, -0.2) is 12.2 Å². The van der Waals surface area contributed by atoms with Crippen LogP contribution < -0.4 is 5.32 Å². The Hall–Kier alpha value is -1.04. The number of thiophene rings is 1. The molecule has 1 heterocycles. The van der Waals surface area contributed by atoms with E-state index in [9.17, 15) is 18.0 Å². The number of nitrogens with one attached hydrogen (secondary N) is 1. The fraction of sp³-hybridized carbons (Fsp3) is 0.167. The second-order valence-electron chi connectivity index (χ2n) is 1.96. The van der Waals surface area contributed by atoms with Crippen molar-refractivity contribution in [2.75, 3.05) is 0 Å². The van der Waals surface area contributed by atoms with Gasteiger partial charge in [-0.05, 0) is 11.4 Å². The van der Waals surface area contributed by atoms with E-state index < -0.39 is 12.2 Å². The Balaban J connectivity index is 2.63. The highest BCUT2D eigenvalue weighted by molar-refractivity contribution is 7.08. The van der Waals surface area contributed by atoms with Gasteiger partial charge in [-0.2, -0.15) is 24.5 Å². The first-order valence-corrected chi connectivity index (χ1v) is 3.85. The van der Waals surface area contributed by atoms with Crippen molar-refractivity contribution in [1.29, 1.82) is 0 Å². The van der Waals surface area contributed by atoms with Gasteiger partial charge in [-0.15, -0.1) is 0 Å². The topological polar surface area (TPSA) is 29.1 Å². The molecule has 0 bridgehead atoms. The molecule has 1 rings (SSSR count). The molecular weight excluding hydrogens is 191 g/mol. The molecule has 1 N–H and O–H groups in total. The fourth-order valence-electron chi connectivity index (χ4n) is 0.595. The number of carbonyl (C=O) groups is 1. The molecule has 0 saturated carbocycles. The van der Waals surface area contributed by atoms with Gasteiger partial charge in [-0.25, -0.2) is 0 Å². The number of alkyl halides is 3. The zero-order chi connectivity index (χ0) is 9.19. The first-order valence-electron chi connectivity index (χ1n) is 2.90. The summed E-state index contributed by atoms with van der Waals surface area (Å²) < 4.78 is 34.7. The van der Waals surface area contributed by atoms with Crippen LogP contribution in [0.15, 0.2) is 16.8 Å². The zero-order valence-electron chi connectivity index (χ0n) is 5.68. The molecule has 0 unspecified atom stereocenters. The number of hydrogen-bond acceptors (Lipinski definition) is 2. The summed E-state index contributed by atoms with van der Waals surface area (Å²) in [5, 5.41) is 3.77. The predicted molar refractivity (Wildman–Crippen MR) is 37.8 cm³/mol. The first-order chi connectivity index (χ1) is 5.49. The zero-order valence-corrected chi connectivity index (χ0v) is 6.50. The van der Waals surface area contributed by atoms with Crippen molar-refractivity contribution in [3.8, 4) is 0 Å². The normalized spacial score (nSPS) is 11.2. The van der Waals surface area contributed by atoms with Crippen LogP contribution in [0.1, 0.15) is 10.4 Å². The lowest BCUT2D eigenvalue weighted by Crippen LogP contribution is -2.36. The van der Waals surface area contributed by atoms with E-state index in [2.05, 4.69) is 0 Å². The maximum atomic E-state index is 11.6. The molecule has 0 aromatic carbocycles. The summed E-state index contributed by atoms with van der Waals surface area (Å²) in [6.45, 7) is 0. The Morgan fingerprint density at radius 2 is 2.17 bits per heavy atom. The SMILES string of the molecule is O=C(NC(F)(F)F)c1ccsc1. The number of hydrogen-bond donors (Lipinski definition) is 1. The van der Waals surface area contributed by atoms with E-state index in [1.54, 1.807) is 0 Å². The van der Waals surface area contributed by atoms with Crippen molar-refractivity contribution in [1.82, 2.24) is 5.32 Å². The first kappa shape index (κ1) is 9.05. The number of carbonyl (C=O) groups excluding carboxylic acids is 1. The van der Waals surface area contributed by atoms with Crippen molar-refractivity contribution < 1.29 is 18.0 Å². The Kier molecular flexibility index (Phi) is 2.37. The minimum atomic E-state index is -4.65. The summed E-state index contributed by atoms with van der Waals surface area (Å²) in [6, 6.07) is 1.33. The van der Waals surface area contributed by atoms with Gasteiger partial charge in [0.25, 0.3) is 5.91 Å². The Morgan fingerprint density at radius 3 is 2.58 bits per heavy atom. The van der Waals surface area contributed by atoms with Gasteiger partial charge in [0.05, 0.1) is 5.56 Å². The molecule has 1 aromatic rings. The Labute approximate surface area is 70.0 Å². The quantitative estimate of drug-likeness (QED) is 0.682. The smallest absolute Gasteiger partial charge is 0.269 e. The highest BCUT2D eigenvalue weighted by Crippen LogP contribution is 2.12. The fourth-order valence-corrected chi connectivity index (χ4v) is 1.23. The largest absolute Gasteiger partial charge is 0.484 e. The minimum absolute atomic E-state index is 0.0253. The van der Waals surface area contributed by atoms with Crippen LogP contribution in [0.2, 0.25) is 0 Å². The molecule has 12 heavy (non-hydrogen) atoms. The van der Waals surface area contributed by atoms with Crippen molar-refractivity contribution in [2.24, 2.45) is 0 Å². The van der Waals surface area contributed by atoms with Crippen LogP contribution in [-0.2, 0) is 0 Å². The molecule has 0 radical (unpaired) electrons. The third kappa shape index (κ3) is 2.54. The number of rotatable bonds is 1. The van der Waals surface area contributed by atoms with Crippen molar-refractivity contribution in [2.45, 2.75) is 6.30 Å². The van der Waals surface area contributed by atoms with Gasteiger partial charge in [-0.1, -0.05) is 0 Å². The molecule has 66 valence electrons. The third-order valence-corrected chi connectivity index (χ3v) is 1.72. The van der Waals surface area contributed by atoms with Crippen LogP contribution >= 0.6 is 11.3 Å². The lowest BCUT2D eigenvalue weighted by molar-refractivity contribution is -0.146. The van der Waals surface area contributed by atoms with Gasteiger partial charge in [-0.3, -0.25) is 10.1 Å². The van der Waals surface area contributed by atoms with Crippen LogP contribution in [0.4, 0.5) is 13.2 Å².